The lowest BCUT2D eigenvalue weighted by Gasteiger charge is -2.12. The van der Waals surface area contributed by atoms with Gasteiger partial charge >= 0.3 is 0 Å². The highest BCUT2D eigenvalue weighted by Crippen LogP contribution is 2.29. The minimum atomic E-state index is 0.504. The van der Waals surface area contributed by atoms with E-state index in [0.29, 0.717) is 5.92 Å². The summed E-state index contributed by atoms with van der Waals surface area (Å²) in [5, 5.41) is 0. The summed E-state index contributed by atoms with van der Waals surface area (Å²) in [5.41, 5.74) is 3.55. The van der Waals surface area contributed by atoms with Crippen molar-refractivity contribution < 1.29 is 0 Å². The van der Waals surface area contributed by atoms with Crippen LogP contribution in [-0.4, -0.2) is 9.55 Å². The number of halogens is 1. The summed E-state index contributed by atoms with van der Waals surface area (Å²) in [6, 6.07) is 16.7. The van der Waals surface area contributed by atoms with E-state index in [1.807, 2.05) is 30.6 Å². The first kappa shape index (κ1) is 14.1. The number of hydrogen-bond donors (Lipinski definition) is 0. The molecule has 0 atom stereocenters. The topological polar surface area (TPSA) is 17.8 Å². The molecular formula is C18H17BrN2. The predicted octanol–water partition coefficient (Wildman–Crippen LogP) is 5.43. The molecule has 3 heteroatoms. The van der Waals surface area contributed by atoms with Gasteiger partial charge in [-0.2, -0.15) is 0 Å². The zero-order valence-electron chi connectivity index (χ0n) is 12.1. The average Bonchev–Trinajstić information content (AvgIpc) is 2.97. The molecule has 0 N–H and O–H groups in total. The van der Waals surface area contributed by atoms with Gasteiger partial charge in [-0.15, -0.1) is 0 Å². The first-order valence-corrected chi connectivity index (χ1v) is 7.84. The van der Waals surface area contributed by atoms with Gasteiger partial charge in [-0.3, -0.25) is 4.57 Å². The lowest BCUT2D eigenvalue weighted by Crippen LogP contribution is -1.98. The van der Waals surface area contributed by atoms with Crippen molar-refractivity contribution >= 4 is 15.9 Å². The van der Waals surface area contributed by atoms with Gasteiger partial charge in [0.05, 0.1) is 0 Å². The summed E-state index contributed by atoms with van der Waals surface area (Å²) in [6.07, 6.45) is 3.84. The maximum Gasteiger partial charge on any atom is 0.144 e. The van der Waals surface area contributed by atoms with Crippen molar-refractivity contribution in [2.24, 2.45) is 0 Å². The maximum absolute atomic E-state index is 4.50. The minimum Gasteiger partial charge on any atom is -0.300 e. The molecule has 0 bridgehead atoms. The lowest BCUT2D eigenvalue weighted by atomic mass is 10.0. The number of benzene rings is 2. The van der Waals surface area contributed by atoms with Gasteiger partial charge in [-0.1, -0.05) is 66.2 Å². The van der Waals surface area contributed by atoms with E-state index in [1.165, 1.54) is 5.56 Å². The van der Waals surface area contributed by atoms with Crippen LogP contribution in [0.4, 0.5) is 0 Å². The van der Waals surface area contributed by atoms with Crippen LogP contribution in [0, 0.1) is 0 Å². The second kappa shape index (κ2) is 5.86. The van der Waals surface area contributed by atoms with E-state index in [0.717, 1.165) is 21.5 Å². The van der Waals surface area contributed by atoms with E-state index in [1.54, 1.807) is 0 Å². The Balaban J connectivity index is 2.07. The molecule has 0 saturated heterocycles. The van der Waals surface area contributed by atoms with Crippen LogP contribution in [0.15, 0.2) is 65.4 Å². The fourth-order valence-corrected chi connectivity index (χ4v) is 3.27. The molecule has 2 nitrogen and oxygen atoms in total. The highest BCUT2D eigenvalue weighted by Gasteiger charge is 2.10. The van der Waals surface area contributed by atoms with Gasteiger partial charge in [-0.05, 0) is 23.6 Å². The summed E-state index contributed by atoms with van der Waals surface area (Å²) >= 11 is 3.68. The number of aromatic nitrogens is 2. The lowest BCUT2D eigenvalue weighted by molar-refractivity contribution is 0.859. The van der Waals surface area contributed by atoms with E-state index in [9.17, 15) is 0 Å². The van der Waals surface area contributed by atoms with Crippen molar-refractivity contribution in [3.8, 4) is 17.1 Å². The molecule has 0 aliphatic heterocycles. The third-order valence-corrected chi connectivity index (χ3v) is 4.24. The Hall–Kier alpha value is -1.87. The van der Waals surface area contributed by atoms with Gasteiger partial charge in [0.2, 0.25) is 0 Å². The van der Waals surface area contributed by atoms with E-state index < -0.39 is 0 Å². The third kappa shape index (κ3) is 2.79. The van der Waals surface area contributed by atoms with E-state index in [4.69, 9.17) is 0 Å². The van der Waals surface area contributed by atoms with Gasteiger partial charge in [0.1, 0.15) is 5.82 Å². The van der Waals surface area contributed by atoms with Crippen LogP contribution in [0.2, 0.25) is 0 Å². The molecular weight excluding hydrogens is 324 g/mol. The largest absolute Gasteiger partial charge is 0.300 e. The zero-order valence-corrected chi connectivity index (χ0v) is 13.7. The molecule has 106 valence electrons. The van der Waals surface area contributed by atoms with Crippen molar-refractivity contribution in [1.82, 2.24) is 9.55 Å². The summed E-state index contributed by atoms with van der Waals surface area (Å²) in [4.78, 5) is 4.50. The monoisotopic (exact) mass is 340 g/mol. The second-order valence-electron chi connectivity index (χ2n) is 5.35. The standard InChI is InChI=1S/C18H17BrN2/c1-13(2)16-9-8-15(12-17(16)19)21-11-10-20-18(21)14-6-4-3-5-7-14/h3-13H,1-2H3. The van der Waals surface area contributed by atoms with Crippen LogP contribution in [0.1, 0.15) is 25.3 Å². The molecule has 0 fully saturated rings. The molecule has 2 aromatic carbocycles. The van der Waals surface area contributed by atoms with Crippen molar-refractivity contribution in [2.45, 2.75) is 19.8 Å². The summed E-state index contributed by atoms with van der Waals surface area (Å²) in [6.45, 7) is 4.40. The predicted molar refractivity (Wildman–Crippen MR) is 90.8 cm³/mol. The number of nitrogens with zero attached hydrogens (tertiary/aromatic N) is 2. The van der Waals surface area contributed by atoms with Crippen LogP contribution in [0.3, 0.4) is 0 Å². The molecule has 0 unspecified atom stereocenters. The first-order chi connectivity index (χ1) is 10.2. The molecule has 0 saturated carbocycles. The highest BCUT2D eigenvalue weighted by atomic mass is 79.9. The Kier molecular flexibility index (Phi) is 3.93. The van der Waals surface area contributed by atoms with Crippen molar-refractivity contribution in [3.05, 3.63) is 71.0 Å². The Labute approximate surface area is 133 Å². The Morgan fingerprint density at radius 2 is 1.81 bits per heavy atom. The molecule has 21 heavy (non-hydrogen) atoms. The van der Waals surface area contributed by atoms with Gasteiger partial charge in [0.25, 0.3) is 0 Å². The van der Waals surface area contributed by atoms with E-state index >= 15 is 0 Å². The van der Waals surface area contributed by atoms with E-state index in [-0.39, 0.29) is 0 Å². The fraction of sp³-hybridized carbons (Fsp3) is 0.167. The Bertz CT molecular complexity index is 745. The Morgan fingerprint density at radius 1 is 1.05 bits per heavy atom. The zero-order chi connectivity index (χ0) is 14.8. The smallest absolute Gasteiger partial charge is 0.144 e. The van der Waals surface area contributed by atoms with Gasteiger partial charge in [0, 0.05) is 28.1 Å². The number of rotatable bonds is 3. The summed E-state index contributed by atoms with van der Waals surface area (Å²) in [7, 11) is 0. The van der Waals surface area contributed by atoms with E-state index in [2.05, 4.69) is 69.7 Å². The van der Waals surface area contributed by atoms with Crippen molar-refractivity contribution in [3.63, 3.8) is 0 Å². The van der Waals surface area contributed by atoms with Crippen LogP contribution in [-0.2, 0) is 0 Å². The molecule has 0 spiro atoms. The average molecular weight is 341 g/mol. The molecule has 0 aliphatic rings. The quantitative estimate of drug-likeness (QED) is 0.621. The maximum atomic E-state index is 4.50. The van der Waals surface area contributed by atoms with Crippen LogP contribution in [0.25, 0.3) is 17.1 Å². The molecule has 3 aromatic rings. The minimum absolute atomic E-state index is 0.504. The summed E-state index contributed by atoms with van der Waals surface area (Å²) < 4.78 is 3.26. The fourth-order valence-electron chi connectivity index (χ4n) is 2.45. The number of hydrogen-bond acceptors (Lipinski definition) is 1. The van der Waals surface area contributed by atoms with Crippen molar-refractivity contribution in [1.29, 1.82) is 0 Å². The Morgan fingerprint density at radius 3 is 2.48 bits per heavy atom. The summed E-state index contributed by atoms with van der Waals surface area (Å²) in [5.74, 6) is 1.46. The van der Waals surface area contributed by atoms with Crippen LogP contribution >= 0.6 is 15.9 Å². The molecule has 1 aromatic heterocycles. The highest BCUT2D eigenvalue weighted by molar-refractivity contribution is 9.10. The molecule has 0 amide bonds. The van der Waals surface area contributed by atoms with Crippen LogP contribution < -0.4 is 0 Å². The van der Waals surface area contributed by atoms with Crippen molar-refractivity contribution in [2.75, 3.05) is 0 Å². The molecule has 0 aliphatic carbocycles. The molecule has 1 heterocycles. The third-order valence-electron chi connectivity index (χ3n) is 3.56. The van der Waals surface area contributed by atoms with Gasteiger partial charge in [0.15, 0.2) is 0 Å². The SMILES string of the molecule is CC(C)c1ccc(-n2ccnc2-c2ccccc2)cc1Br. The van der Waals surface area contributed by atoms with Gasteiger partial charge < -0.3 is 0 Å². The first-order valence-electron chi connectivity index (χ1n) is 7.05. The van der Waals surface area contributed by atoms with Gasteiger partial charge in [-0.25, -0.2) is 4.98 Å². The van der Waals surface area contributed by atoms with Crippen LogP contribution in [0.5, 0.6) is 0 Å². The number of imidazole rings is 1. The molecule has 0 radical (unpaired) electrons. The normalized spacial score (nSPS) is 11.0. The second-order valence-corrected chi connectivity index (χ2v) is 6.20. The molecule has 3 rings (SSSR count).